The monoisotopic (exact) mass is 282 g/mol. The lowest BCUT2D eigenvalue weighted by Gasteiger charge is -2.12. The van der Waals surface area contributed by atoms with Crippen LogP contribution in [0.4, 0.5) is 0 Å². The summed E-state index contributed by atoms with van der Waals surface area (Å²) < 4.78 is 0.720. The van der Waals surface area contributed by atoms with Gasteiger partial charge in [-0.1, -0.05) is 6.42 Å². The Bertz CT molecular complexity index is 438. The number of benzene rings is 1. The van der Waals surface area contributed by atoms with Gasteiger partial charge in [-0.25, -0.2) is 0 Å². The molecule has 0 amide bonds. The Morgan fingerprint density at radius 3 is 2.69 bits per heavy atom. The van der Waals surface area contributed by atoms with Crippen LogP contribution in [0, 0.1) is 0 Å². The SMILES string of the molecule is CC(=O)c1cc2c(c(Br)c1O)CCCCC2. The summed E-state index contributed by atoms with van der Waals surface area (Å²) in [6, 6.07) is 1.86. The lowest BCUT2D eigenvalue weighted by atomic mass is 9.97. The molecule has 0 heterocycles. The van der Waals surface area contributed by atoms with Crippen molar-refractivity contribution in [3.63, 3.8) is 0 Å². The van der Waals surface area contributed by atoms with Crippen LogP contribution in [0.25, 0.3) is 0 Å². The van der Waals surface area contributed by atoms with Crippen LogP contribution in [-0.4, -0.2) is 10.9 Å². The Labute approximate surface area is 104 Å². The lowest BCUT2D eigenvalue weighted by molar-refractivity contribution is 0.101. The molecule has 1 aromatic carbocycles. The molecule has 0 saturated heterocycles. The number of rotatable bonds is 1. The summed E-state index contributed by atoms with van der Waals surface area (Å²) in [6.45, 7) is 1.49. The Kier molecular flexibility index (Phi) is 3.33. The maximum atomic E-state index is 11.4. The van der Waals surface area contributed by atoms with Gasteiger partial charge in [-0.3, -0.25) is 4.79 Å². The summed E-state index contributed by atoms with van der Waals surface area (Å²) in [5.41, 5.74) is 2.83. The molecule has 2 rings (SSSR count). The van der Waals surface area contributed by atoms with Crippen LogP contribution < -0.4 is 0 Å². The van der Waals surface area contributed by atoms with Crippen LogP contribution in [0.15, 0.2) is 10.5 Å². The van der Waals surface area contributed by atoms with Crippen molar-refractivity contribution in [1.29, 1.82) is 0 Å². The highest BCUT2D eigenvalue weighted by Crippen LogP contribution is 2.37. The number of carbonyl (C=O) groups excluding carboxylic acids is 1. The van der Waals surface area contributed by atoms with E-state index in [1.165, 1.54) is 30.9 Å². The second kappa shape index (κ2) is 4.58. The molecule has 3 heteroatoms. The van der Waals surface area contributed by atoms with Crippen LogP contribution in [0.1, 0.15) is 47.7 Å². The number of aryl methyl sites for hydroxylation is 1. The molecule has 0 radical (unpaired) electrons. The number of carbonyl (C=O) groups is 1. The van der Waals surface area contributed by atoms with Crippen LogP contribution >= 0.6 is 15.9 Å². The minimum atomic E-state index is -0.0785. The number of hydrogen-bond acceptors (Lipinski definition) is 2. The molecule has 86 valence electrons. The molecule has 1 aromatic rings. The molecular formula is C13H15BrO2. The van der Waals surface area contributed by atoms with Crippen LogP contribution in [0.3, 0.4) is 0 Å². The molecule has 0 spiro atoms. The zero-order chi connectivity index (χ0) is 11.7. The largest absolute Gasteiger partial charge is 0.506 e. The van der Waals surface area contributed by atoms with Crippen molar-refractivity contribution in [3.8, 4) is 5.75 Å². The normalized spacial score (nSPS) is 15.4. The number of fused-ring (bicyclic) bond motifs is 1. The molecule has 0 aliphatic heterocycles. The van der Waals surface area contributed by atoms with Crippen molar-refractivity contribution in [3.05, 3.63) is 27.2 Å². The van der Waals surface area contributed by atoms with Gasteiger partial charge >= 0.3 is 0 Å². The predicted molar refractivity (Wildman–Crippen MR) is 67.1 cm³/mol. The number of halogens is 1. The maximum Gasteiger partial charge on any atom is 0.163 e. The van der Waals surface area contributed by atoms with Gasteiger partial charge in [0.05, 0.1) is 10.0 Å². The molecule has 2 nitrogen and oxygen atoms in total. The molecule has 0 saturated carbocycles. The van der Waals surface area contributed by atoms with E-state index in [1.54, 1.807) is 0 Å². The molecular weight excluding hydrogens is 268 g/mol. The smallest absolute Gasteiger partial charge is 0.163 e. The Morgan fingerprint density at radius 2 is 2.00 bits per heavy atom. The van der Waals surface area contributed by atoms with Crippen molar-refractivity contribution in [2.75, 3.05) is 0 Å². The minimum Gasteiger partial charge on any atom is -0.506 e. The first-order valence-electron chi connectivity index (χ1n) is 5.65. The zero-order valence-corrected chi connectivity index (χ0v) is 10.9. The average Bonchev–Trinajstić information content (AvgIpc) is 2.48. The fourth-order valence-corrected chi connectivity index (χ4v) is 2.95. The Balaban J connectivity index is 2.59. The van der Waals surface area contributed by atoms with E-state index in [0.29, 0.717) is 5.56 Å². The first kappa shape index (κ1) is 11.6. The third-order valence-electron chi connectivity index (χ3n) is 3.19. The highest BCUT2D eigenvalue weighted by Gasteiger charge is 2.19. The van der Waals surface area contributed by atoms with E-state index in [4.69, 9.17) is 0 Å². The van der Waals surface area contributed by atoms with Gasteiger partial charge in [0, 0.05) is 0 Å². The van der Waals surface area contributed by atoms with E-state index in [0.717, 1.165) is 23.7 Å². The van der Waals surface area contributed by atoms with Crippen molar-refractivity contribution in [2.24, 2.45) is 0 Å². The second-order valence-corrected chi connectivity index (χ2v) is 5.13. The number of hydrogen-bond donors (Lipinski definition) is 1. The molecule has 0 atom stereocenters. The molecule has 0 fully saturated rings. The van der Waals surface area contributed by atoms with Crippen LogP contribution in [-0.2, 0) is 12.8 Å². The quantitative estimate of drug-likeness (QED) is 0.631. The second-order valence-electron chi connectivity index (χ2n) is 4.34. The van der Waals surface area contributed by atoms with Crippen molar-refractivity contribution in [2.45, 2.75) is 39.0 Å². The first-order chi connectivity index (χ1) is 7.61. The molecule has 1 aliphatic carbocycles. The highest BCUT2D eigenvalue weighted by molar-refractivity contribution is 9.10. The topological polar surface area (TPSA) is 37.3 Å². The van der Waals surface area contributed by atoms with E-state index >= 15 is 0 Å². The summed E-state index contributed by atoms with van der Waals surface area (Å²) in [7, 11) is 0. The van der Waals surface area contributed by atoms with Gasteiger partial charge in [-0.2, -0.15) is 0 Å². The maximum absolute atomic E-state index is 11.4. The number of Topliss-reactive ketones (excluding diaryl/α,β-unsaturated/α-hetero) is 1. The molecule has 0 aromatic heterocycles. The highest BCUT2D eigenvalue weighted by atomic mass is 79.9. The first-order valence-corrected chi connectivity index (χ1v) is 6.44. The van der Waals surface area contributed by atoms with Crippen LogP contribution in [0.5, 0.6) is 5.75 Å². The van der Waals surface area contributed by atoms with E-state index < -0.39 is 0 Å². The average molecular weight is 283 g/mol. The third kappa shape index (κ3) is 2.01. The summed E-state index contributed by atoms with van der Waals surface area (Å²) in [4.78, 5) is 11.4. The van der Waals surface area contributed by atoms with Gasteiger partial charge in [-0.15, -0.1) is 0 Å². The van der Waals surface area contributed by atoms with Gasteiger partial charge in [0.15, 0.2) is 5.78 Å². The lowest BCUT2D eigenvalue weighted by Crippen LogP contribution is -2.00. The van der Waals surface area contributed by atoms with Gasteiger partial charge in [0.25, 0.3) is 0 Å². The van der Waals surface area contributed by atoms with E-state index in [2.05, 4.69) is 15.9 Å². The van der Waals surface area contributed by atoms with Gasteiger partial charge in [-0.05, 0) is 65.7 Å². The van der Waals surface area contributed by atoms with Crippen LogP contribution in [0.2, 0.25) is 0 Å². The summed E-state index contributed by atoms with van der Waals surface area (Å²) in [5.74, 6) is 0.0263. The molecule has 16 heavy (non-hydrogen) atoms. The van der Waals surface area contributed by atoms with E-state index in [9.17, 15) is 9.90 Å². The summed E-state index contributed by atoms with van der Waals surface area (Å²) >= 11 is 3.42. The van der Waals surface area contributed by atoms with E-state index in [-0.39, 0.29) is 11.5 Å². The number of ketones is 1. The summed E-state index contributed by atoms with van der Waals surface area (Å²) in [6.07, 6.45) is 5.54. The zero-order valence-electron chi connectivity index (χ0n) is 9.35. The van der Waals surface area contributed by atoms with Gasteiger partial charge in [0.1, 0.15) is 5.75 Å². The number of aromatic hydroxyl groups is 1. The molecule has 0 bridgehead atoms. The minimum absolute atomic E-state index is 0.0785. The molecule has 0 unspecified atom stereocenters. The fraction of sp³-hybridized carbons (Fsp3) is 0.462. The van der Waals surface area contributed by atoms with E-state index in [1.807, 2.05) is 6.07 Å². The van der Waals surface area contributed by atoms with Crippen molar-refractivity contribution < 1.29 is 9.90 Å². The van der Waals surface area contributed by atoms with Gasteiger partial charge in [0.2, 0.25) is 0 Å². The number of phenols is 1. The molecule has 1 N–H and O–H groups in total. The predicted octanol–water partition coefficient (Wildman–Crippen LogP) is 3.63. The fourth-order valence-electron chi connectivity index (χ4n) is 2.29. The third-order valence-corrected chi connectivity index (χ3v) is 4.04. The molecule has 1 aliphatic rings. The Hall–Kier alpha value is -0.830. The van der Waals surface area contributed by atoms with Gasteiger partial charge < -0.3 is 5.11 Å². The standard InChI is InChI=1S/C13H15BrO2/c1-8(15)11-7-9-5-3-2-4-6-10(9)12(14)13(11)16/h7,16H,2-6H2,1H3. The number of phenolic OH excluding ortho intramolecular Hbond substituents is 1. The van der Waals surface area contributed by atoms with Crippen molar-refractivity contribution >= 4 is 21.7 Å². The van der Waals surface area contributed by atoms with Crippen molar-refractivity contribution in [1.82, 2.24) is 0 Å². The Morgan fingerprint density at radius 1 is 1.31 bits per heavy atom. The summed E-state index contributed by atoms with van der Waals surface area (Å²) in [5, 5.41) is 9.95.